The molecular weight excluding hydrogens is 504 g/mol. The number of hydrogen-bond acceptors (Lipinski definition) is 12. The van der Waals surface area contributed by atoms with Crippen LogP contribution in [0.25, 0.3) is 0 Å². The first-order valence-electron chi connectivity index (χ1n) is 13.2. The molecule has 232 valence electrons. The van der Waals surface area contributed by atoms with Crippen LogP contribution in [0.3, 0.4) is 0 Å². The number of aliphatic hydroxyl groups excluding tert-OH is 11. The van der Waals surface area contributed by atoms with Crippen molar-refractivity contribution < 1.29 is 61.0 Å². The van der Waals surface area contributed by atoms with Gasteiger partial charge in [-0.1, -0.05) is 55.4 Å². The number of rotatable bonds is 14. The zero-order chi connectivity index (χ0) is 31.1. The highest BCUT2D eigenvalue weighted by Crippen LogP contribution is 2.14. The van der Waals surface area contributed by atoms with Gasteiger partial charge in [0.25, 0.3) is 0 Å². The van der Waals surface area contributed by atoms with Gasteiger partial charge in [0.05, 0.1) is 30.5 Å². The molecule has 0 fully saturated rings. The van der Waals surface area contributed by atoms with Crippen molar-refractivity contribution in [2.24, 2.45) is 17.8 Å². The average Bonchev–Trinajstić information content (AvgIpc) is 2.88. The predicted molar refractivity (Wildman–Crippen MR) is 142 cm³/mol. The average molecular weight is 561 g/mol. The molecule has 0 rings (SSSR count). The minimum Gasteiger partial charge on any atom is -0.390 e. The Kier molecular flexibility index (Phi) is 23.1. The molecule has 11 unspecified atom stereocenters. The third-order valence-corrected chi connectivity index (χ3v) is 6.16. The summed E-state index contributed by atoms with van der Waals surface area (Å²) >= 11 is 0. The molecule has 0 saturated heterocycles. The van der Waals surface area contributed by atoms with Crippen LogP contribution in [0.5, 0.6) is 0 Å². The molecule has 0 aliphatic carbocycles. The molecule has 12 nitrogen and oxygen atoms in total. The number of aliphatic hydroxyl groups is 11. The molecule has 0 amide bonds. The lowest BCUT2D eigenvalue weighted by Crippen LogP contribution is -2.48. The smallest absolute Gasteiger partial charge is 0.160 e. The van der Waals surface area contributed by atoms with E-state index in [1.165, 1.54) is 0 Å². The molecule has 0 aliphatic heterocycles. The van der Waals surface area contributed by atoms with Crippen LogP contribution in [0.15, 0.2) is 0 Å². The number of carbonyl (C=O) groups excluding carboxylic acids is 1. The summed E-state index contributed by atoms with van der Waals surface area (Å²) < 4.78 is 0. The van der Waals surface area contributed by atoms with Gasteiger partial charge in [0.1, 0.15) is 36.6 Å². The largest absolute Gasteiger partial charge is 0.390 e. The van der Waals surface area contributed by atoms with Gasteiger partial charge < -0.3 is 56.2 Å². The lowest BCUT2D eigenvalue weighted by Gasteiger charge is -2.27. The van der Waals surface area contributed by atoms with Crippen LogP contribution in [0, 0.1) is 17.8 Å². The van der Waals surface area contributed by atoms with Crippen LogP contribution in [0.2, 0.25) is 0 Å². The summed E-state index contributed by atoms with van der Waals surface area (Å²) in [4.78, 5) is 10.7. The third kappa shape index (κ3) is 15.7. The summed E-state index contributed by atoms with van der Waals surface area (Å²) in [5.74, 6) is -1.08. The van der Waals surface area contributed by atoms with Crippen LogP contribution in [0.4, 0.5) is 0 Å². The fourth-order valence-corrected chi connectivity index (χ4v) is 2.95. The van der Waals surface area contributed by atoms with Crippen LogP contribution in [-0.4, -0.2) is 129 Å². The Balaban J connectivity index is -0.000000487. The Hall–Kier alpha value is -0.770. The Morgan fingerprint density at radius 3 is 0.921 bits per heavy atom. The van der Waals surface area contributed by atoms with Gasteiger partial charge in [-0.2, -0.15) is 0 Å². The second kappa shape index (κ2) is 21.0. The summed E-state index contributed by atoms with van der Waals surface area (Å²) in [6, 6.07) is 0. The Bertz CT molecular complexity index is 589. The van der Waals surface area contributed by atoms with Crippen molar-refractivity contribution in [3.05, 3.63) is 0 Å². The van der Waals surface area contributed by atoms with Crippen LogP contribution in [0.1, 0.15) is 75.2 Å². The lowest BCUT2D eigenvalue weighted by atomic mass is 9.94. The molecule has 0 saturated carbocycles. The molecule has 0 heterocycles. The summed E-state index contributed by atoms with van der Waals surface area (Å²) in [7, 11) is 0. The van der Waals surface area contributed by atoms with E-state index in [0.717, 1.165) is 6.92 Å². The molecule has 0 aliphatic rings. The standard InChI is InChI=1S/C9H18O5.C9H20O4.C8H18O3/c1-4(2)6(11)8(13)9(14)7(12)5(3)10;1-4-6(10)8(12)9(13)7(11)5(2)3;1-4-6(9)8(11)7(10)5(2)3/h4,6-9,11-14H,1-3H3;5-13H,4H2,1-3H3;5-11H,4H2,1-3H3. The van der Waals surface area contributed by atoms with Crippen molar-refractivity contribution in [2.45, 2.75) is 142 Å². The Morgan fingerprint density at radius 1 is 0.447 bits per heavy atom. The maximum Gasteiger partial charge on any atom is 0.160 e. The van der Waals surface area contributed by atoms with Crippen LogP contribution < -0.4 is 0 Å². The molecule has 0 radical (unpaired) electrons. The van der Waals surface area contributed by atoms with E-state index in [2.05, 4.69) is 0 Å². The fraction of sp³-hybridized carbons (Fsp3) is 0.962. The van der Waals surface area contributed by atoms with E-state index in [1.54, 1.807) is 55.4 Å². The third-order valence-electron chi connectivity index (χ3n) is 6.16. The molecule has 11 N–H and O–H groups in total. The van der Waals surface area contributed by atoms with Crippen molar-refractivity contribution in [1.29, 1.82) is 0 Å². The first kappa shape index (κ1) is 41.7. The van der Waals surface area contributed by atoms with Gasteiger partial charge in [-0.15, -0.1) is 0 Å². The highest BCUT2D eigenvalue weighted by Gasteiger charge is 2.34. The van der Waals surface area contributed by atoms with Gasteiger partial charge in [0, 0.05) is 0 Å². The normalized spacial score (nSPS) is 20.5. The van der Waals surface area contributed by atoms with E-state index in [-0.39, 0.29) is 17.8 Å². The fourth-order valence-electron chi connectivity index (χ4n) is 2.95. The Labute approximate surface area is 227 Å². The first-order valence-corrected chi connectivity index (χ1v) is 13.2. The number of Topliss-reactive ketones (excluding diaryl/α,β-unsaturated/α-hetero) is 1. The topological polar surface area (TPSA) is 240 Å². The zero-order valence-corrected chi connectivity index (χ0v) is 24.3. The van der Waals surface area contributed by atoms with E-state index in [4.69, 9.17) is 10.2 Å². The molecule has 38 heavy (non-hydrogen) atoms. The second-order valence-corrected chi connectivity index (χ2v) is 10.7. The summed E-state index contributed by atoms with van der Waals surface area (Å²) in [5.41, 5.74) is 0. The van der Waals surface area contributed by atoms with Crippen LogP contribution >= 0.6 is 0 Å². The van der Waals surface area contributed by atoms with Gasteiger partial charge in [-0.25, -0.2) is 0 Å². The van der Waals surface area contributed by atoms with Crippen molar-refractivity contribution in [1.82, 2.24) is 0 Å². The van der Waals surface area contributed by atoms with Crippen molar-refractivity contribution >= 4 is 5.78 Å². The zero-order valence-electron chi connectivity index (χ0n) is 24.3. The van der Waals surface area contributed by atoms with Crippen molar-refractivity contribution in [3.63, 3.8) is 0 Å². The monoisotopic (exact) mass is 560 g/mol. The van der Waals surface area contributed by atoms with Gasteiger partial charge in [-0.05, 0) is 37.5 Å². The predicted octanol–water partition coefficient (Wildman–Crippen LogP) is -1.69. The number of carbonyl (C=O) groups is 1. The maximum absolute atomic E-state index is 10.7. The summed E-state index contributed by atoms with van der Waals surface area (Å²) in [6.07, 6.45) is -12.4. The van der Waals surface area contributed by atoms with Gasteiger partial charge in [0.15, 0.2) is 5.78 Å². The van der Waals surface area contributed by atoms with Crippen LogP contribution in [-0.2, 0) is 4.79 Å². The van der Waals surface area contributed by atoms with Gasteiger partial charge >= 0.3 is 0 Å². The molecule has 12 heteroatoms. The highest BCUT2D eigenvalue weighted by molar-refractivity contribution is 5.80. The minimum absolute atomic E-state index is 0.0220. The van der Waals surface area contributed by atoms with Gasteiger partial charge in [-0.3, -0.25) is 4.79 Å². The SMILES string of the molecule is CC(=O)C(O)C(O)C(O)C(O)C(C)C.CCC(O)C(O)C(O)C(C)C.CCC(O)C(O)C(O)C(O)C(C)C. The minimum atomic E-state index is -1.65. The van der Waals surface area contributed by atoms with E-state index in [0.29, 0.717) is 12.8 Å². The van der Waals surface area contributed by atoms with E-state index in [1.807, 2.05) is 0 Å². The molecule has 0 bridgehead atoms. The van der Waals surface area contributed by atoms with E-state index in [9.17, 15) is 50.8 Å². The molecule has 0 aromatic heterocycles. The molecule has 0 aromatic rings. The second-order valence-electron chi connectivity index (χ2n) is 10.7. The van der Waals surface area contributed by atoms with Crippen molar-refractivity contribution in [2.75, 3.05) is 0 Å². The van der Waals surface area contributed by atoms with E-state index < -0.39 is 72.9 Å². The molecule has 0 spiro atoms. The maximum atomic E-state index is 10.7. The van der Waals surface area contributed by atoms with Crippen molar-refractivity contribution in [3.8, 4) is 0 Å². The summed E-state index contributed by atoms with van der Waals surface area (Å²) in [5, 5.41) is 102. The van der Waals surface area contributed by atoms with Gasteiger partial charge in [0.2, 0.25) is 0 Å². The number of ketones is 1. The number of hydrogen-bond donors (Lipinski definition) is 11. The quantitative estimate of drug-likeness (QED) is 0.114. The molecule has 11 atom stereocenters. The molecule has 0 aromatic carbocycles. The highest BCUT2D eigenvalue weighted by atomic mass is 16.4. The Morgan fingerprint density at radius 2 is 0.684 bits per heavy atom. The molecular formula is C26H56O12. The summed E-state index contributed by atoms with van der Waals surface area (Å²) in [6.45, 7) is 14.9. The van der Waals surface area contributed by atoms with E-state index >= 15 is 0 Å². The lowest BCUT2D eigenvalue weighted by molar-refractivity contribution is -0.145. The first-order chi connectivity index (χ1) is 17.2.